The van der Waals surface area contributed by atoms with Crippen molar-refractivity contribution in [1.82, 2.24) is 16.0 Å². The number of urea groups is 1. The van der Waals surface area contributed by atoms with Gasteiger partial charge in [0.1, 0.15) is 0 Å². The summed E-state index contributed by atoms with van der Waals surface area (Å²) in [7, 11) is 0. The summed E-state index contributed by atoms with van der Waals surface area (Å²) in [5, 5.41) is 8.53. The molecule has 5 nitrogen and oxygen atoms in total. The molecule has 0 saturated heterocycles. The minimum Gasteiger partial charge on any atom is -0.351 e. The summed E-state index contributed by atoms with van der Waals surface area (Å²) >= 11 is 0. The highest BCUT2D eigenvalue weighted by atomic mass is 16.2. The largest absolute Gasteiger partial charge is 0.351 e. The normalized spacial score (nSPS) is 11.7. The molecule has 1 atom stereocenters. The van der Waals surface area contributed by atoms with Crippen LogP contribution in [0.15, 0.2) is 54.6 Å². The van der Waals surface area contributed by atoms with Gasteiger partial charge in [-0.25, -0.2) is 4.79 Å². The van der Waals surface area contributed by atoms with Gasteiger partial charge in [-0.05, 0) is 43.0 Å². The lowest BCUT2D eigenvalue weighted by Gasteiger charge is -2.13. The second-order valence-electron chi connectivity index (χ2n) is 6.70. The van der Waals surface area contributed by atoms with Crippen molar-refractivity contribution in [3.63, 3.8) is 0 Å². The highest BCUT2D eigenvalue weighted by Crippen LogP contribution is 2.13. The van der Waals surface area contributed by atoms with Crippen LogP contribution in [0.5, 0.6) is 0 Å². The molecule has 0 fully saturated rings. The van der Waals surface area contributed by atoms with E-state index < -0.39 is 0 Å². The summed E-state index contributed by atoms with van der Waals surface area (Å²) in [6.07, 6.45) is 0. The van der Waals surface area contributed by atoms with E-state index in [4.69, 9.17) is 0 Å². The van der Waals surface area contributed by atoms with Crippen molar-refractivity contribution in [3.8, 4) is 0 Å². The zero-order valence-electron chi connectivity index (χ0n) is 15.6. The third-order valence-electron chi connectivity index (χ3n) is 4.03. The molecule has 0 aliphatic carbocycles. The molecule has 0 spiro atoms. The predicted octanol–water partition coefficient (Wildman–Crippen LogP) is 3.43. The Labute approximate surface area is 155 Å². The highest BCUT2D eigenvalue weighted by molar-refractivity contribution is 5.94. The van der Waals surface area contributed by atoms with Crippen molar-refractivity contribution in [2.24, 2.45) is 0 Å². The Morgan fingerprint density at radius 2 is 1.54 bits per heavy atom. The second kappa shape index (κ2) is 9.61. The predicted molar refractivity (Wildman–Crippen MR) is 104 cm³/mol. The summed E-state index contributed by atoms with van der Waals surface area (Å²) in [5.41, 5.74) is 2.76. The number of hydrogen-bond acceptors (Lipinski definition) is 2. The lowest BCUT2D eigenvalue weighted by Crippen LogP contribution is -2.39. The van der Waals surface area contributed by atoms with E-state index in [1.807, 2.05) is 44.2 Å². The Morgan fingerprint density at radius 1 is 0.885 bits per heavy atom. The third-order valence-corrected chi connectivity index (χ3v) is 4.03. The highest BCUT2D eigenvalue weighted by Gasteiger charge is 2.09. The number of benzene rings is 2. The van der Waals surface area contributed by atoms with Crippen molar-refractivity contribution in [3.05, 3.63) is 71.3 Å². The molecule has 0 bridgehead atoms. The number of nitrogens with one attached hydrogen (secondary N) is 3. The summed E-state index contributed by atoms with van der Waals surface area (Å²) in [4.78, 5) is 23.9. The number of carbonyl (C=O) groups excluding carboxylic acids is 2. The molecule has 2 rings (SSSR count). The van der Waals surface area contributed by atoms with Gasteiger partial charge in [0.2, 0.25) is 0 Å². The van der Waals surface area contributed by atoms with Gasteiger partial charge >= 0.3 is 6.03 Å². The number of rotatable bonds is 7. The summed E-state index contributed by atoms with van der Waals surface area (Å²) in [6.45, 7) is 6.91. The maximum atomic E-state index is 12.3. The zero-order valence-corrected chi connectivity index (χ0v) is 15.6. The van der Waals surface area contributed by atoms with E-state index in [9.17, 15) is 9.59 Å². The molecule has 0 aliphatic rings. The number of amides is 3. The molecule has 2 aromatic carbocycles. The molecule has 3 amide bonds. The molecular formula is C21H27N3O2. The van der Waals surface area contributed by atoms with Crippen molar-refractivity contribution < 1.29 is 9.59 Å². The standard InChI is InChI=1S/C21H27N3O2/c1-15(2)24-21(26)23-14-17-9-11-19(12-10-17)20(25)22-13-16(3)18-7-5-4-6-8-18/h4-12,15-16H,13-14H2,1-3H3,(H,22,25)(H2,23,24,26)/t16-/m0/s1. The molecule has 3 N–H and O–H groups in total. The van der Waals surface area contributed by atoms with E-state index >= 15 is 0 Å². The molecule has 26 heavy (non-hydrogen) atoms. The first-order chi connectivity index (χ1) is 12.5. The van der Waals surface area contributed by atoms with Gasteiger partial charge in [-0.1, -0.05) is 49.4 Å². The molecule has 5 heteroatoms. The Kier molecular flexibility index (Phi) is 7.21. The molecule has 0 radical (unpaired) electrons. The van der Waals surface area contributed by atoms with Gasteiger partial charge in [0.05, 0.1) is 0 Å². The fraction of sp³-hybridized carbons (Fsp3) is 0.333. The monoisotopic (exact) mass is 353 g/mol. The summed E-state index contributed by atoms with van der Waals surface area (Å²) in [6, 6.07) is 17.3. The molecule has 0 aliphatic heterocycles. The van der Waals surface area contributed by atoms with Crippen LogP contribution >= 0.6 is 0 Å². The minimum atomic E-state index is -0.197. The average molecular weight is 353 g/mol. The van der Waals surface area contributed by atoms with Gasteiger partial charge in [0.25, 0.3) is 5.91 Å². The maximum Gasteiger partial charge on any atom is 0.315 e. The van der Waals surface area contributed by atoms with Crippen molar-refractivity contribution >= 4 is 11.9 Å². The fourth-order valence-corrected chi connectivity index (χ4v) is 2.52. The average Bonchev–Trinajstić information content (AvgIpc) is 2.64. The molecule has 0 aromatic heterocycles. The van der Waals surface area contributed by atoms with Gasteiger partial charge in [0, 0.05) is 24.7 Å². The molecule has 0 saturated carbocycles. The van der Waals surface area contributed by atoms with Crippen LogP contribution in [0.1, 0.15) is 48.2 Å². The topological polar surface area (TPSA) is 70.2 Å². The molecule has 0 heterocycles. The van der Waals surface area contributed by atoms with Crippen LogP contribution in [0.4, 0.5) is 4.79 Å². The van der Waals surface area contributed by atoms with Gasteiger partial charge in [0.15, 0.2) is 0 Å². The Bertz CT molecular complexity index is 712. The van der Waals surface area contributed by atoms with Gasteiger partial charge in [-0.15, -0.1) is 0 Å². The van der Waals surface area contributed by atoms with Gasteiger partial charge < -0.3 is 16.0 Å². The SMILES string of the molecule is CC(C)NC(=O)NCc1ccc(C(=O)NC[C@H](C)c2ccccc2)cc1. The van der Waals surface area contributed by atoms with Crippen molar-refractivity contribution in [2.45, 2.75) is 39.3 Å². The first-order valence-electron chi connectivity index (χ1n) is 8.92. The van der Waals surface area contributed by atoms with E-state index in [2.05, 4.69) is 35.0 Å². The number of hydrogen-bond donors (Lipinski definition) is 3. The van der Waals surface area contributed by atoms with Crippen LogP contribution in [-0.2, 0) is 6.54 Å². The first-order valence-corrected chi connectivity index (χ1v) is 8.92. The molecule has 138 valence electrons. The van der Waals surface area contributed by atoms with Crippen LogP contribution in [0, 0.1) is 0 Å². The Hall–Kier alpha value is -2.82. The molecular weight excluding hydrogens is 326 g/mol. The van der Waals surface area contributed by atoms with Crippen LogP contribution in [0.2, 0.25) is 0 Å². The van der Waals surface area contributed by atoms with Crippen LogP contribution in [0.3, 0.4) is 0 Å². The van der Waals surface area contributed by atoms with E-state index in [0.29, 0.717) is 18.7 Å². The molecule has 2 aromatic rings. The Balaban J connectivity index is 1.81. The smallest absolute Gasteiger partial charge is 0.315 e. The zero-order chi connectivity index (χ0) is 18.9. The lowest BCUT2D eigenvalue weighted by molar-refractivity contribution is 0.0951. The molecule has 0 unspecified atom stereocenters. The van der Waals surface area contributed by atoms with E-state index in [0.717, 1.165) is 5.56 Å². The minimum absolute atomic E-state index is 0.0927. The van der Waals surface area contributed by atoms with E-state index in [-0.39, 0.29) is 23.9 Å². The first kappa shape index (κ1) is 19.5. The summed E-state index contributed by atoms with van der Waals surface area (Å²) < 4.78 is 0. The van der Waals surface area contributed by atoms with Crippen molar-refractivity contribution in [1.29, 1.82) is 0 Å². The maximum absolute atomic E-state index is 12.3. The lowest BCUT2D eigenvalue weighted by atomic mass is 10.0. The van der Waals surface area contributed by atoms with Crippen molar-refractivity contribution in [2.75, 3.05) is 6.54 Å². The quantitative estimate of drug-likeness (QED) is 0.714. The van der Waals surface area contributed by atoms with Gasteiger partial charge in [-0.3, -0.25) is 4.79 Å². The van der Waals surface area contributed by atoms with E-state index in [1.54, 1.807) is 12.1 Å². The Morgan fingerprint density at radius 3 is 2.15 bits per heavy atom. The van der Waals surface area contributed by atoms with Crippen LogP contribution in [0.25, 0.3) is 0 Å². The number of carbonyl (C=O) groups is 2. The second-order valence-corrected chi connectivity index (χ2v) is 6.70. The van der Waals surface area contributed by atoms with E-state index in [1.165, 1.54) is 5.56 Å². The third kappa shape index (κ3) is 6.24. The fourth-order valence-electron chi connectivity index (χ4n) is 2.52. The van der Waals surface area contributed by atoms with Gasteiger partial charge in [-0.2, -0.15) is 0 Å². The van der Waals surface area contributed by atoms with Crippen LogP contribution in [-0.4, -0.2) is 24.5 Å². The summed E-state index contributed by atoms with van der Waals surface area (Å²) in [5.74, 6) is 0.160. The van der Waals surface area contributed by atoms with Crippen LogP contribution < -0.4 is 16.0 Å².